The van der Waals surface area contributed by atoms with Crippen molar-refractivity contribution in [2.24, 2.45) is 0 Å². The fraction of sp³-hybridized carbons (Fsp3) is 0.167. The largest absolute Gasteiger partial charge is 0.495 e. The molecule has 1 N–H and O–H groups in total. The summed E-state index contributed by atoms with van der Waals surface area (Å²) in [6.07, 6.45) is 2.18. The summed E-state index contributed by atoms with van der Waals surface area (Å²) in [5.41, 5.74) is 1.25. The number of aryl methyl sites for hydroxylation is 1. The van der Waals surface area contributed by atoms with Crippen LogP contribution in [0.3, 0.4) is 0 Å². The summed E-state index contributed by atoms with van der Waals surface area (Å²) in [6.45, 7) is 0.511. The number of non-ortho nitro benzene ring substituents is 1. The lowest BCUT2D eigenvalue weighted by Gasteiger charge is -2.10. The maximum atomic E-state index is 12.2. The van der Waals surface area contributed by atoms with E-state index in [4.69, 9.17) is 4.74 Å². The molecule has 2 aromatic carbocycles. The summed E-state index contributed by atoms with van der Waals surface area (Å²) in [5, 5.41) is 14.7. The molecule has 1 aromatic heterocycles. The Bertz CT molecular complexity index is 933. The van der Waals surface area contributed by atoms with Crippen molar-refractivity contribution >= 4 is 28.2 Å². The Morgan fingerprint density at radius 3 is 2.80 bits per heavy atom. The standard InChI is InChI=1S/C18H17N3O4/c1-25-17-7-6-14(21(23)24)12-15(17)19-18(22)9-11-20-10-8-13-4-2-3-5-16(13)20/h2-8,10,12H,9,11H2,1H3,(H,19,22). The van der Waals surface area contributed by atoms with Gasteiger partial charge in [-0.1, -0.05) is 18.2 Å². The third-order valence-electron chi connectivity index (χ3n) is 3.93. The number of nitro benzene ring substituents is 1. The molecule has 7 nitrogen and oxygen atoms in total. The first kappa shape index (κ1) is 16.5. The third-order valence-corrected chi connectivity index (χ3v) is 3.93. The van der Waals surface area contributed by atoms with Crippen molar-refractivity contribution in [3.8, 4) is 5.75 Å². The van der Waals surface area contributed by atoms with Gasteiger partial charge in [0.25, 0.3) is 5.69 Å². The molecule has 3 rings (SSSR count). The molecule has 0 atom stereocenters. The van der Waals surface area contributed by atoms with E-state index in [-0.39, 0.29) is 18.0 Å². The van der Waals surface area contributed by atoms with Crippen LogP contribution >= 0.6 is 0 Å². The van der Waals surface area contributed by atoms with Gasteiger partial charge in [-0.2, -0.15) is 0 Å². The third kappa shape index (κ3) is 3.60. The molecule has 0 aliphatic heterocycles. The highest BCUT2D eigenvalue weighted by atomic mass is 16.6. The molecule has 7 heteroatoms. The van der Waals surface area contributed by atoms with Crippen LogP contribution in [0.5, 0.6) is 5.75 Å². The molecule has 0 saturated carbocycles. The Morgan fingerprint density at radius 1 is 1.24 bits per heavy atom. The molecule has 3 aromatic rings. The minimum absolute atomic E-state index is 0.104. The number of anilines is 1. The minimum atomic E-state index is -0.513. The van der Waals surface area contributed by atoms with Gasteiger partial charge in [-0.15, -0.1) is 0 Å². The maximum Gasteiger partial charge on any atom is 0.271 e. The number of hydrogen-bond acceptors (Lipinski definition) is 4. The second-order valence-electron chi connectivity index (χ2n) is 5.51. The van der Waals surface area contributed by atoms with Crippen molar-refractivity contribution in [1.29, 1.82) is 0 Å². The monoisotopic (exact) mass is 339 g/mol. The minimum Gasteiger partial charge on any atom is -0.495 e. The molecule has 128 valence electrons. The molecule has 0 aliphatic rings. The second kappa shape index (κ2) is 7.04. The van der Waals surface area contributed by atoms with Crippen molar-refractivity contribution in [2.75, 3.05) is 12.4 Å². The Hall–Kier alpha value is -3.35. The molecule has 0 fully saturated rings. The first-order valence-corrected chi connectivity index (χ1v) is 7.74. The van der Waals surface area contributed by atoms with Crippen LogP contribution in [-0.4, -0.2) is 22.5 Å². The number of benzene rings is 2. The predicted molar refractivity (Wildman–Crippen MR) is 94.8 cm³/mol. The van der Waals surface area contributed by atoms with Crippen LogP contribution < -0.4 is 10.1 Å². The highest BCUT2D eigenvalue weighted by Crippen LogP contribution is 2.29. The average molecular weight is 339 g/mol. The zero-order chi connectivity index (χ0) is 17.8. The van der Waals surface area contributed by atoms with E-state index in [1.54, 1.807) is 0 Å². The zero-order valence-electron chi connectivity index (χ0n) is 13.6. The maximum absolute atomic E-state index is 12.2. The lowest BCUT2D eigenvalue weighted by atomic mass is 10.2. The Kier molecular flexibility index (Phi) is 4.65. The van der Waals surface area contributed by atoms with Crippen molar-refractivity contribution < 1.29 is 14.5 Å². The number of ether oxygens (including phenoxy) is 1. The predicted octanol–water partition coefficient (Wildman–Crippen LogP) is 3.59. The Morgan fingerprint density at radius 2 is 2.04 bits per heavy atom. The van der Waals surface area contributed by atoms with Crippen molar-refractivity contribution in [2.45, 2.75) is 13.0 Å². The number of hydrogen-bond donors (Lipinski definition) is 1. The number of aromatic nitrogens is 1. The summed E-state index contributed by atoms with van der Waals surface area (Å²) in [5.74, 6) is 0.141. The number of nitro groups is 1. The summed E-state index contributed by atoms with van der Waals surface area (Å²) >= 11 is 0. The van der Waals surface area contributed by atoms with Gasteiger partial charge < -0.3 is 14.6 Å². The van der Waals surface area contributed by atoms with Crippen LogP contribution in [0.1, 0.15) is 6.42 Å². The molecule has 0 bridgehead atoms. The molecule has 0 spiro atoms. The lowest BCUT2D eigenvalue weighted by Crippen LogP contribution is -2.15. The first-order chi connectivity index (χ1) is 12.1. The topological polar surface area (TPSA) is 86.4 Å². The van der Waals surface area contributed by atoms with E-state index >= 15 is 0 Å². The van der Waals surface area contributed by atoms with Gasteiger partial charge in [0.15, 0.2) is 0 Å². The zero-order valence-corrected chi connectivity index (χ0v) is 13.6. The van der Waals surface area contributed by atoms with E-state index in [0.29, 0.717) is 18.0 Å². The van der Waals surface area contributed by atoms with E-state index in [2.05, 4.69) is 5.32 Å². The molecule has 1 heterocycles. The number of fused-ring (bicyclic) bond motifs is 1. The van der Waals surface area contributed by atoms with Gasteiger partial charge in [0.1, 0.15) is 5.75 Å². The highest BCUT2D eigenvalue weighted by Gasteiger charge is 2.14. The Balaban J connectivity index is 1.70. The van der Waals surface area contributed by atoms with Crippen LogP contribution in [-0.2, 0) is 11.3 Å². The van der Waals surface area contributed by atoms with E-state index in [9.17, 15) is 14.9 Å². The van der Waals surface area contributed by atoms with Crippen LogP contribution in [0, 0.1) is 10.1 Å². The number of amides is 1. The molecule has 0 radical (unpaired) electrons. The van der Waals surface area contributed by atoms with Gasteiger partial charge in [-0.05, 0) is 23.6 Å². The van der Waals surface area contributed by atoms with Crippen molar-refractivity contribution in [3.05, 3.63) is 64.8 Å². The quantitative estimate of drug-likeness (QED) is 0.549. The van der Waals surface area contributed by atoms with Crippen LogP contribution in [0.15, 0.2) is 54.7 Å². The van der Waals surface area contributed by atoms with Gasteiger partial charge in [0.2, 0.25) is 5.91 Å². The molecule has 25 heavy (non-hydrogen) atoms. The van der Waals surface area contributed by atoms with Gasteiger partial charge >= 0.3 is 0 Å². The van der Waals surface area contributed by atoms with Crippen molar-refractivity contribution in [3.63, 3.8) is 0 Å². The summed E-state index contributed by atoms with van der Waals surface area (Å²) in [4.78, 5) is 22.6. The number of nitrogens with zero attached hydrogens (tertiary/aromatic N) is 2. The first-order valence-electron chi connectivity index (χ1n) is 7.74. The summed E-state index contributed by atoms with van der Waals surface area (Å²) in [6, 6.07) is 14.0. The normalized spacial score (nSPS) is 10.6. The van der Waals surface area contributed by atoms with Crippen molar-refractivity contribution in [1.82, 2.24) is 4.57 Å². The van der Waals surface area contributed by atoms with E-state index < -0.39 is 4.92 Å². The summed E-state index contributed by atoms with van der Waals surface area (Å²) in [7, 11) is 1.45. The van der Waals surface area contributed by atoms with Crippen LogP contribution in [0.25, 0.3) is 10.9 Å². The fourth-order valence-corrected chi connectivity index (χ4v) is 2.68. The number of carbonyl (C=O) groups is 1. The van der Waals surface area contributed by atoms with E-state index in [1.165, 1.54) is 25.3 Å². The number of rotatable bonds is 6. The molecule has 0 unspecified atom stereocenters. The van der Waals surface area contributed by atoms with E-state index in [0.717, 1.165) is 10.9 Å². The molecular weight excluding hydrogens is 322 g/mol. The number of carbonyl (C=O) groups excluding carboxylic acids is 1. The van der Waals surface area contributed by atoms with Gasteiger partial charge in [-0.25, -0.2) is 0 Å². The molecule has 0 saturated heterocycles. The second-order valence-corrected chi connectivity index (χ2v) is 5.51. The Labute approximate surface area is 144 Å². The van der Waals surface area contributed by atoms with Gasteiger partial charge in [-0.3, -0.25) is 14.9 Å². The lowest BCUT2D eigenvalue weighted by molar-refractivity contribution is -0.384. The summed E-state index contributed by atoms with van der Waals surface area (Å²) < 4.78 is 7.15. The number of para-hydroxylation sites is 1. The van der Waals surface area contributed by atoms with Gasteiger partial charge in [0.05, 0.1) is 17.7 Å². The number of nitrogens with one attached hydrogen (secondary N) is 1. The average Bonchev–Trinajstić information content (AvgIpc) is 3.03. The molecular formula is C18H17N3O4. The smallest absolute Gasteiger partial charge is 0.271 e. The van der Waals surface area contributed by atoms with Crippen LogP contribution in [0.4, 0.5) is 11.4 Å². The molecule has 0 aliphatic carbocycles. The van der Waals surface area contributed by atoms with Gasteiger partial charge in [0, 0.05) is 36.8 Å². The SMILES string of the molecule is COc1ccc([N+](=O)[O-])cc1NC(=O)CCn1ccc2ccccc21. The highest BCUT2D eigenvalue weighted by molar-refractivity contribution is 5.92. The van der Waals surface area contributed by atoms with E-state index in [1.807, 2.05) is 41.1 Å². The fourth-order valence-electron chi connectivity index (χ4n) is 2.68. The molecule has 1 amide bonds. The van der Waals surface area contributed by atoms with Crippen LogP contribution in [0.2, 0.25) is 0 Å². The number of methoxy groups -OCH3 is 1.